The number of amides is 4. The van der Waals surface area contributed by atoms with E-state index in [1.54, 1.807) is 0 Å². The molecule has 9 rings (SSSR count). The monoisotopic (exact) mass is 1890 g/mol. The number of ether oxygens (including phenoxy) is 18. The van der Waals surface area contributed by atoms with E-state index in [9.17, 15) is 177 Å². The minimum atomic E-state index is -3.07. The van der Waals surface area contributed by atoms with Crippen molar-refractivity contribution in [2.75, 3.05) is 72.7 Å². The van der Waals surface area contributed by atoms with Gasteiger partial charge in [-0.25, -0.2) is 4.79 Å². The van der Waals surface area contributed by atoms with Crippen molar-refractivity contribution in [3.63, 3.8) is 0 Å². The van der Waals surface area contributed by atoms with Gasteiger partial charge >= 0.3 is 5.97 Å². The fraction of sp³-hybridized carbons (Fsp3) is 0.930. The average molecular weight is 1890 g/mol. The fourth-order valence-corrected chi connectivity index (χ4v) is 16.2. The molecule has 0 aromatic heterocycles. The van der Waals surface area contributed by atoms with Gasteiger partial charge in [0, 0.05) is 34.1 Å². The molecule has 9 aliphatic heterocycles. The van der Waals surface area contributed by atoms with E-state index in [2.05, 4.69) is 21.3 Å². The zero-order valence-corrected chi connectivity index (χ0v) is 69.2. The van der Waals surface area contributed by atoms with Gasteiger partial charge < -0.3 is 265 Å². The van der Waals surface area contributed by atoms with E-state index in [4.69, 9.17) is 91.0 Å². The number of carbonyl (C=O) groups is 5. The Hall–Kier alpha value is -4.57. The Morgan fingerprint density at radius 2 is 0.752 bits per heavy atom. The molecule has 36 N–H and O–H groups in total. The van der Waals surface area contributed by atoms with Crippen molar-refractivity contribution in [2.24, 2.45) is 5.73 Å². The molecule has 9 heterocycles. The second-order valence-electron chi connectivity index (χ2n) is 32.3. The van der Waals surface area contributed by atoms with Gasteiger partial charge in [0.15, 0.2) is 50.3 Å². The molecule has 9 aliphatic rings. The van der Waals surface area contributed by atoms with Gasteiger partial charge in [-0.2, -0.15) is 0 Å². The van der Waals surface area contributed by atoms with Crippen LogP contribution in [0.3, 0.4) is 0 Å². The summed E-state index contributed by atoms with van der Waals surface area (Å²) in [4.78, 5) is 63.2. The van der Waals surface area contributed by atoms with Crippen LogP contribution in [0.4, 0.5) is 0 Å². The number of carboxylic acids is 1. The second kappa shape index (κ2) is 47.5. The highest BCUT2D eigenvalue weighted by Crippen LogP contribution is 2.41. The maximum Gasteiger partial charge on any atom is 0.364 e. The summed E-state index contributed by atoms with van der Waals surface area (Å²) in [6.07, 6.45) is -97.3. The number of nitrogens with two attached hydrogens (primary N) is 1. The maximum absolute atomic E-state index is 13.0. The van der Waals surface area contributed by atoms with Crippen LogP contribution in [-0.4, -0.2) is 562 Å². The number of carboxylic acid groups (broad SMARTS) is 1. The third-order valence-corrected chi connectivity index (χ3v) is 23.2. The van der Waals surface area contributed by atoms with Gasteiger partial charge in [-0.3, -0.25) is 19.2 Å². The van der Waals surface area contributed by atoms with Crippen LogP contribution in [0, 0.1) is 0 Å². The largest absolute Gasteiger partial charge is 0.477 e. The van der Waals surface area contributed by atoms with Gasteiger partial charge in [-0.15, -0.1) is 0 Å². The van der Waals surface area contributed by atoms with Gasteiger partial charge in [0.05, 0.1) is 96.9 Å². The summed E-state index contributed by atoms with van der Waals surface area (Å²) < 4.78 is 106. The van der Waals surface area contributed by atoms with Crippen LogP contribution in [0.1, 0.15) is 34.1 Å². The Morgan fingerprint density at radius 1 is 0.372 bits per heavy atom. The number of hydrogen-bond acceptors (Lipinski definition) is 53. The van der Waals surface area contributed by atoms with Gasteiger partial charge in [-0.1, -0.05) is 0 Å². The molecule has 0 aromatic rings. The summed E-state index contributed by atoms with van der Waals surface area (Å²) in [5.41, 5.74) is 6.51. The molecule has 0 unspecified atom stereocenters. The third kappa shape index (κ3) is 24.5. The standard InChI is InChI=1S/C71H121N5O53/c1-17(86)73-21(6-77)37(93)54(24(92)8-79)122-63-35(75-19(3)88)45(101)57(30(14-85)118-63)125-67-53(109)59(126-69-61(50(106)41(97)27(11-82)116-69)128-64-36(76-20(4)89)46(102)56(29(13-84)119-64)124-65-51(107)47(103)39(95)25(9-80)114-65)43(99)31(120-67)15-112-68-60(49(105)40(96)26(10-81)115-68)127-62-33(72)44(100)55(28(12-83)117-62)123-66-52(108)48(104)42(98)32(121-66)16-113-71(70(110)111)5-22(90)34(74-18(2)87)58(129-71)38(94)23(91)7-78/h21-69,77-85,90-109H,5-16,72H2,1-4H3,(H,73,86)(H,74,87)(H,75,88)(H,76,89)(H,110,111)/t21-,22-,23+,24+,25+,26+,27+,28+,29+,30+,31+,32+,33+,34+,35+,36+,37+,38+,39-,40+,41+,42-,43+,44+,45+,46+,47-,48-,49-,50-,51+,52+,53-,54+,55+,56+,57+,58+,59-,60-,61-,62-,63-,64-,65-,66-,67-,68-,69+,71+/m0/s1. The average Bonchev–Trinajstić information content (AvgIpc) is 0.764. The number of aliphatic carboxylic acids is 1. The number of hydrogen-bond donors (Lipinski definition) is 35. The van der Waals surface area contributed by atoms with Crippen LogP contribution in [0.2, 0.25) is 0 Å². The first-order valence-electron chi connectivity index (χ1n) is 40.8. The summed E-state index contributed by atoms with van der Waals surface area (Å²) in [6.45, 7) is -9.17. The summed E-state index contributed by atoms with van der Waals surface area (Å²) >= 11 is 0. The fourth-order valence-electron chi connectivity index (χ4n) is 16.2. The minimum absolute atomic E-state index is 0.832. The molecule has 0 aromatic carbocycles. The van der Waals surface area contributed by atoms with Crippen molar-refractivity contribution in [1.82, 2.24) is 21.3 Å². The zero-order valence-electron chi connectivity index (χ0n) is 69.2. The van der Waals surface area contributed by atoms with Crippen molar-refractivity contribution in [1.29, 1.82) is 0 Å². The predicted octanol–water partition coefficient (Wildman–Crippen LogP) is -23.4. The molecule has 0 aliphatic carbocycles. The van der Waals surface area contributed by atoms with E-state index < -0.39 is 415 Å². The van der Waals surface area contributed by atoms with Crippen LogP contribution >= 0.6 is 0 Å². The Bertz CT molecular complexity index is 3500. The molecule has 9 fully saturated rings. The molecule has 0 radical (unpaired) electrons. The lowest BCUT2D eigenvalue weighted by molar-refractivity contribution is -0.398. The number of rotatable bonds is 39. The molecule has 9 saturated heterocycles. The van der Waals surface area contributed by atoms with Crippen LogP contribution in [-0.2, 0) is 109 Å². The zero-order chi connectivity index (χ0) is 95.7. The Morgan fingerprint density at radius 3 is 1.22 bits per heavy atom. The highest BCUT2D eigenvalue weighted by atomic mass is 16.8. The minimum Gasteiger partial charge on any atom is -0.477 e. The quantitative estimate of drug-likeness (QED) is 0.0272. The third-order valence-electron chi connectivity index (χ3n) is 23.2. The predicted molar refractivity (Wildman–Crippen MR) is 397 cm³/mol. The lowest BCUT2D eigenvalue weighted by atomic mass is 9.88. The molecule has 58 nitrogen and oxygen atoms in total. The molecular formula is C71H121N5O53. The Kier molecular flexibility index (Phi) is 39.8. The van der Waals surface area contributed by atoms with Gasteiger partial charge in [0.2, 0.25) is 23.6 Å². The van der Waals surface area contributed by atoms with Gasteiger partial charge in [0.25, 0.3) is 5.79 Å². The van der Waals surface area contributed by atoms with E-state index in [1.165, 1.54) is 0 Å². The number of carbonyl (C=O) groups excluding carboxylic acids is 4. The first-order valence-corrected chi connectivity index (χ1v) is 40.8. The smallest absolute Gasteiger partial charge is 0.364 e. The summed E-state index contributed by atoms with van der Waals surface area (Å²) in [6, 6.07) is -9.38. The molecule has 4 amide bonds. The van der Waals surface area contributed by atoms with Crippen molar-refractivity contribution < 1.29 is 262 Å². The highest BCUT2D eigenvalue weighted by Gasteiger charge is 2.63. The lowest BCUT2D eigenvalue weighted by Crippen LogP contribution is -2.70. The van der Waals surface area contributed by atoms with Crippen molar-refractivity contribution in [2.45, 2.75) is 340 Å². The van der Waals surface area contributed by atoms with E-state index in [0.717, 1.165) is 27.7 Å². The first kappa shape index (κ1) is 108. The Balaban J connectivity index is 1.01. The van der Waals surface area contributed by atoms with E-state index >= 15 is 0 Å². The Labute approximate surface area is 729 Å². The molecule has 50 atom stereocenters. The maximum atomic E-state index is 13.0. The topological polar surface area (TPSA) is 933 Å². The van der Waals surface area contributed by atoms with Crippen molar-refractivity contribution >= 4 is 29.6 Å². The SMILES string of the molecule is CC(=O)N[C@H]1[C@H](O[C@@H]([C@H](O)[C@H](CO)NC(C)=O)[C@H](O)CO)O[C@H](CO)[C@@H](O[C@@H]2O[C@H](CO[C@H]3O[C@H](CO)[C@@H](O)[C@H](O)[C@@H]3O[C@@H]3O[C@H](CO)[C@@H](O[C@@H]4O[C@H](CO[C@]5(C(=O)O)C[C@H](O)[C@@H](NC(C)=O)[C@H]([C@H](O)[C@H](O)CO)O5)[C@H](O)[C@H](O)[C@H]4O)[C@H](O)[C@H]3N)[C@@H](O)[C@H](O[C@H]3O[C@H](CO)[C@@H](O)[C@H](O)[C@@H]3O[C@@H]3O[C@H](CO)[C@@H](O[C@@H]4O[C@H](CO)[C@H](O)[C@H](O)[C@H]4O)[C@H](O)[C@H]3NC(C)=O)[C@@H]2O)[C@@H]1O. The molecule has 0 spiro atoms. The van der Waals surface area contributed by atoms with E-state index in [-0.39, 0.29) is 0 Å². The summed E-state index contributed by atoms with van der Waals surface area (Å²) in [5, 5.41) is 341. The molecular weight excluding hydrogens is 1770 g/mol. The summed E-state index contributed by atoms with van der Waals surface area (Å²) in [5.74, 6) is -8.77. The number of aliphatic hydroxyl groups excluding tert-OH is 29. The molecule has 0 saturated carbocycles. The summed E-state index contributed by atoms with van der Waals surface area (Å²) in [7, 11) is 0. The van der Waals surface area contributed by atoms with Crippen LogP contribution in [0.25, 0.3) is 0 Å². The number of nitrogens with one attached hydrogen (secondary N) is 4. The van der Waals surface area contributed by atoms with Crippen LogP contribution in [0.15, 0.2) is 0 Å². The molecule has 58 heteroatoms. The molecule has 0 bridgehead atoms. The number of aliphatic hydroxyl groups is 29. The first-order chi connectivity index (χ1) is 60.8. The lowest BCUT2D eigenvalue weighted by Gasteiger charge is -2.51. The van der Waals surface area contributed by atoms with E-state index in [1.807, 2.05) is 0 Å². The van der Waals surface area contributed by atoms with Crippen molar-refractivity contribution in [3.05, 3.63) is 0 Å². The van der Waals surface area contributed by atoms with Gasteiger partial charge in [-0.05, 0) is 0 Å². The van der Waals surface area contributed by atoms with Crippen LogP contribution < -0.4 is 27.0 Å². The highest BCUT2D eigenvalue weighted by molar-refractivity contribution is 5.77. The van der Waals surface area contributed by atoms with Crippen molar-refractivity contribution in [3.8, 4) is 0 Å². The molecule has 129 heavy (non-hydrogen) atoms. The van der Waals surface area contributed by atoms with Crippen LogP contribution in [0.5, 0.6) is 0 Å². The van der Waals surface area contributed by atoms with E-state index in [0.29, 0.717) is 0 Å². The second-order valence-corrected chi connectivity index (χ2v) is 32.3. The molecule has 748 valence electrons. The van der Waals surface area contributed by atoms with Gasteiger partial charge in [0.1, 0.15) is 226 Å². The normalized spacial score (nSPS) is 45.6.